The lowest BCUT2D eigenvalue weighted by Crippen LogP contribution is -2.24. The van der Waals surface area contributed by atoms with Crippen molar-refractivity contribution < 1.29 is 4.79 Å². The average molecular weight is 347 g/mol. The van der Waals surface area contributed by atoms with E-state index in [1.165, 1.54) is 5.56 Å². The molecule has 0 radical (unpaired) electrons. The van der Waals surface area contributed by atoms with E-state index in [9.17, 15) is 4.79 Å². The number of carbonyl (C=O) groups is 1. The summed E-state index contributed by atoms with van der Waals surface area (Å²) in [6.45, 7) is 4.89. The third-order valence-corrected chi connectivity index (χ3v) is 3.87. The van der Waals surface area contributed by atoms with Crippen LogP contribution < -0.4 is 10.6 Å². The summed E-state index contributed by atoms with van der Waals surface area (Å²) in [6.07, 6.45) is 3.40. The molecule has 2 aromatic heterocycles. The first-order chi connectivity index (χ1) is 12.6. The molecule has 6 nitrogen and oxygen atoms in total. The lowest BCUT2D eigenvalue weighted by molar-refractivity contribution is 0.0945. The molecule has 0 aliphatic heterocycles. The first-order valence-electron chi connectivity index (χ1n) is 8.42. The van der Waals surface area contributed by atoms with E-state index in [-0.39, 0.29) is 5.91 Å². The molecule has 0 atom stereocenters. The Bertz CT molecular complexity index is 878. The number of aromatic nitrogens is 3. The van der Waals surface area contributed by atoms with E-state index >= 15 is 0 Å². The number of nitrogens with one attached hydrogen (secondary N) is 2. The summed E-state index contributed by atoms with van der Waals surface area (Å²) < 4.78 is 0. The van der Waals surface area contributed by atoms with Crippen LogP contribution in [0.5, 0.6) is 0 Å². The molecule has 1 amide bonds. The van der Waals surface area contributed by atoms with Gasteiger partial charge in [0.15, 0.2) is 0 Å². The van der Waals surface area contributed by atoms with Crippen molar-refractivity contribution in [2.45, 2.75) is 26.9 Å². The van der Waals surface area contributed by atoms with Crippen LogP contribution in [0.1, 0.15) is 33.0 Å². The normalized spacial score (nSPS) is 10.4. The van der Waals surface area contributed by atoms with Crippen molar-refractivity contribution in [2.24, 2.45) is 0 Å². The van der Waals surface area contributed by atoms with E-state index in [1.54, 1.807) is 25.4 Å². The third kappa shape index (κ3) is 4.86. The molecule has 0 aliphatic rings. The van der Waals surface area contributed by atoms with Crippen LogP contribution >= 0.6 is 0 Å². The quantitative estimate of drug-likeness (QED) is 0.716. The zero-order valence-electron chi connectivity index (χ0n) is 14.9. The Morgan fingerprint density at radius 1 is 0.923 bits per heavy atom. The Hall–Kier alpha value is -3.28. The van der Waals surface area contributed by atoms with Gasteiger partial charge in [-0.05, 0) is 37.1 Å². The minimum atomic E-state index is -0.231. The van der Waals surface area contributed by atoms with Crippen molar-refractivity contribution >= 4 is 11.7 Å². The van der Waals surface area contributed by atoms with Crippen molar-refractivity contribution in [1.82, 2.24) is 20.3 Å². The second kappa shape index (κ2) is 8.20. The van der Waals surface area contributed by atoms with Gasteiger partial charge in [-0.3, -0.25) is 9.78 Å². The lowest BCUT2D eigenvalue weighted by atomic mass is 10.1. The van der Waals surface area contributed by atoms with Crippen molar-refractivity contribution in [3.8, 4) is 0 Å². The van der Waals surface area contributed by atoms with Crippen molar-refractivity contribution in [2.75, 3.05) is 5.32 Å². The Kier molecular flexibility index (Phi) is 5.53. The summed E-state index contributed by atoms with van der Waals surface area (Å²) >= 11 is 0. The molecule has 0 bridgehead atoms. The van der Waals surface area contributed by atoms with E-state index in [0.717, 1.165) is 11.1 Å². The van der Waals surface area contributed by atoms with Gasteiger partial charge in [0.2, 0.25) is 0 Å². The van der Waals surface area contributed by atoms with Gasteiger partial charge in [0.05, 0.1) is 0 Å². The van der Waals surface area contributed by atoms with Gasteiger partial charge in [0, 0.05) is 31.5 Å². The fourth-order valence-corrected chi connectivity index (χ4v) is 2.45. The molecule has 6 heteroatoms. The van der Waals surface area contributed by atoms with E-state index in [4.69, 9.17) is 0 Å². The number of aryl methyl sites for hydroxylation is 2. The molecular weight excluding hydrogens is 326 g/mol. The zero-order valence-corrected chi connectivity index (χ0v) is 14.9. The largest absolute Gasteiger partial charge is 0.366 e. The van der Waals surface area contributed by atoms with Crippen molar-refractivity contribution in [3.63, 3.8) is 0 Å². The van der Waals surface area contributed by atoms with Gasteiger partial charge in [-0.25, -0.2) is 9.97 Å². The summed E-state index contributed by atoms with van der Waals surface area (Å²) in [5.41, 5.74) is 3.70. The van der Waals surface area contributed by atoms with E-state index in [1.807, 2.05) is 12.1 Å². The molecule has 0 saturated heterocycles. The summed E-state index contributed by atoms with van der Waals surface area (Å²) in [7, 11) is 0. The highest BCUT2D eigenvalue weighted by molar-refractivity contribution is 5.92. The number of anilines is 1. The van der Waals surface area contributed by atoms with Crippen molar-refractivity contribution in [1.29, 1.82) is 0 Å². The highest BCUT2D eigenvalue weighted by Gasteiger charge is 2.10. The van der Waals surface area contributed by atoms with Crippen LogP contribution in [0.4, 0.5) is 5.82 Å². The van der Waals surface area contributed by atoms with Gasteiger partial charge in [-0.2, -0.15) is 0 Å². The molecule has 0 spiro atoms. The summed E-state index contributed by atoms with van der Waals surface area (Å²) in [6, 6.07) is 13.7. The fourth-order valence-electron chi connectivity index (χ4n) is 2.45. The van der Waals surface area contributed by atoms with E-state index < -0.39 is 0 Å². The van der Waals surface area contributed by atoms with Gasteiger partial charge >= 0.3 is 0 Å². The van der Waals surface area contributed by atoms with E-state index in [0.29, 0.717) is 30.4 Å². The Balaban J connectivity index is 1.64. The number of benzene rings is 1. The van der Waals surface area contributed by atoms with Crippen LogP contribution in [-0.2, 0) is 13.1 Å². The van der Waals surface area contributed by atoms with Gasteiger partial charge in [-0.15, -0.1) is 0 Å². The smallest absolute Gasteiger partial charge is 0.270 e. The summed E-state index contributed by atoms with van der Waals surface area (Å²) in [5.74, 6) is 0.950. The second-order valence-electron chi connectivity index (χ2n) is 6.06. The maximum Gasteiger partial charge on any atom is 0.270 e. The fraction of sp³-hybridized carbons (Fsp3) is 0.200. The second-order valence-corrected chi connectivity index (χ2v) is 6.06. The molecular formula is C20H21N5O. The number of pyridine rings is 1. The van der Waals surface area contributed by atoms with Gasteiger partial charge < -0.3 is 10.6 Å². The van der Waals surface area contributed by atoms with Crippen LogP contribution in [0, 0.1) is 13.8 Å². The molecule has 3 aromatic rings. The maximum atomic E-state index is 12.4. The molecule has 132 valence electrons. The SMILES string of the molecule is Cc1ccc(CNc2cc(C(=O)NCc3ccncc3)nc(C)n2)cc1. The van der Waals surface area contributed by atoms with Crippen LogP contribution in [0.3, 0.4) is 0 Å². The minimum Gasteiger partial charge on any atom is -0.366 e. The topological polar surface area (TPSA) is 79.8 Å². The number of amides is 1. The molecule has 2 heterocycles. The summed E-state index contributed by atoms with van der Waals surface area (Å²) in [5, 5.41) is 6.12. The number of hydrogen-bond acceptors (Lipinski definition) is 5. The third-order valence-electron chi connectivity index (χ3n) is 3.87. The molecule has 3 rings (SSSR count). The predicted octanol–water partition coefficient (Wildman–Crippen LogP) is 3.03. The lowest BCUT2D eigenvalue weighted by Gasteiger charge is -2.09. The molecule has 26 heavy (non-hydrogen) atoms. The summed E-state index contributed by atoms with van der Waals surface area (Å²) in [4.78, 5) is 24.9. The molecule has 1 aromatic carbocycles. The Morgan fingerprint density at radius 3 is 2.35 bits per heavy atom. The molecule has 0 unspecified atom stereocenters. The molecule has 0 saturated carbocycles. The molecule has 0 aliphatic carbocycles. The maximum absolute atomic E-state index is 12.4. The molecule has 0 fully saturated rings. The first-order valence-corrected chi connectivity index (χ1v) is 8.42. The van der Waals surface area contributed by atoms with E-state index in [2.05, 4.69) is 56.8 Å². The molecule has 2 N–H and O–H groups in total. The Morgan fingerprint density at radius 2 is 1.62 bits per heavy atom. The number of carbonyl (C=O) groups excluding carboxylic acids is 1. The van der Waals surface area contributed by atoms with Crippen LogP contribution in [0.2, 0.25) is 0 Å². The van der Waals surface area contributed by atoms with Gasteiger partial charge in [-0.1, -0.05) is 29.8 Å². The number of hydrogen-bond donors (Lipinski definition) is 2. The van der Waals surface area contributed by atoms with Crippen molar-refractivity contribution in [3.05, 3.63) is 83.1 Å². The minimum absolute atomic E-state index is 0.231. The van der Waals surface area contributed by atoms with Gasteiger partial charge in [0.1, 0.15) is 17.3 Å². The zero-order chi connectivity index (χ0) is 18.4. The van der Waals surface area contributed by atoms with Crippen LogP contribution in [0.15, 0.2) is 54.9 Å². The average Bonchev–Trinajstić information content (AvgIpc) is 2.66. The Labute approximate surface area is 152 Å². The number of nitrogens with zero attached hydrogens (tertiary/aromatic N) is 3. The number of rotatable bonds is 6. The van der Waals surface area contributed by atoms with Gasteiger partial charge in [0.25, 0.3) is 5.91 Å². The highest BCUT2D eigenvalue weighted by atomic mass is 16.1. The highest BCUT2D eigenvalue weighted by Crippen LogP contribution is 2.10. The predicted molar refractivity (Wildman–Crippen MR) is 101 cm³/mol. The standard InChI is InChI=1S/C20H21N5O/c1-14-3-5-16(6-4-14)12-22-19-11-18(24-15(2)25-19)20(26)23-13-17-7-9-21-10-8-17/h3-11H,12-13H2,1-2H3,(H,23,26)(H,22,24,25). The first kappa shape index (κ1) is 17.5. The van der Waals surface area contributed by atoms with Crippen LogP contribution in [-0.4, -0.2) is 20.9 Å². The monoisotopic (exact) mass is 347 g/mol. The van der Waals surface area contributed by atoms with Crippen LogP contribution in [0.25, 0.3) is 0 Å².